The Balaban J connectivity index is 2.71. The van der Waals surface area contributed by atoms with E-state index in [0.29, 0.717) is 11.5 Å². The van der Waals surface area contributed by atoms with Gasteiger partial charge in [-0.15, -0.1) is 0 Å². The van der Waals surface area contributed by atoms with Gasteiger partial charge in [-0.1, -0.05) is 24.3 Å². The fourth-order valence-corrected chi connectivity index (χ4v) is 2.64. The standard InChI is InChI=1S/C18H18O8/c1-25-13-7-3-11(4-8-13)17(23,15(19)20)18(24,16(21)22)12-5-9-14(26-2)10-6-12/h3-10,23-24H,1-2H3,(H,19,20)(H,21,22)/t17-,18-/m0/s1. The number of aliphatic carboxylic acids is 2. The predicted octanol–water partition coefficient (Wildman–Crippen LogP) is 0.948. The molecule has 0 amide bonds. The number of rotatable bonds is 7. The number of carbonyl (C=O) groups is 2. The van der Waals surface area contributed by atoms with Gasteiger partial charge in [0, 0.05) is 0 Å². The average molecular weight is 362 g/mol. The van der Waals surface area contributed by atoms with Crippen molar-refractivity contribution in [3.63, 3.8) is 0 Å². The molecule has 0 saturated heterocycles. The summed E-state index contributed by atoms with van der Waals surface area (Å²) in [5.41, 5.74) is -6.99. The molecule has 0 aliphatic carbocycles. The van der Waals surface area contributed by atoms with Gasteiger partial charge in [0.2, 0.25) is 11.2 Å². The Morgan fingerprint density at radius 1 is 0.692 bits per heavy atom. The minimum absolute atomic E-state index is 0.327. The van der Waals surface area contributed by atoms with Gasteiger partial charge in [0.25, 0.3) is 0 Å². The van der Waals surface area contributed by atoms with E-state index < -0.39 is 23.1 Å². The molecule has 0 aliphatic rings. The highest BCUT2D eigenvalue weighted by Crippen LogP contribution is 2.42. The van der Waals surface area contributed by atoms with Crippen LogP contribution in [0.3, 0.4) is 0 Å². The quantitative estimate of drug-likeness (QED) is 0.572. The lowest BCUT2D eigenvalue weighted by atomic mass is 9.73. The van der Waals surface area contributed by atoms with Crippen molar-refractivity contribution in [2.45, 2.75) is 11.2 Å². The van der Waals surface area contributed by atoms with Gasteiger partial charge in [0.1, 0.15) is 11.5 Å². The van der Waals surface area contributed by atoms with Crippen LogP contribution in [0.5, 0.6) is 11.5 Å². The molecule has 2 atom stereocenters. The van der Waals surface area contributed by atoms with Crippen LogP contribution in [-0.2, 0) is 20.8 Å². The monoisotopic (exact) mass is 362 g/mol. The summed E-state index contributed by atoms with van der Waals surface area (Å²) >= 11 is 0. The first-order valence-corrected chi connectivity index (χ1v) is 7.42. The molecule has 0 heterocycles. The molecule has 138 valence electrons. The molecule has 0 bridgehead atoms. The van der Waals surface area contributed by atoms with E-state index in [2.05, 4.69) is 0 Å². The first kappa shape index (κ1) is 19.2. The molecule has 2 rings (SSSR count). The Hall–Kier alpha value is -3.10. The van der Waals surface area contributed by atoms with Gasteiger partial charge < -0.3 is 29.9 Å². The van der Waals surface area contributed by atoms with Crippen LogP contribution in [0.15, 0.2) is 48.5 Å². The lowest BCUT2D eigenvalue weighted by Gasteiger charge is -2.37. The lowest BCUT2D eigenvalue weighted by Crippen LogP contribution is -2.59. The molecule has 4 N–H and O–H groups in total. The second kappa shape index (κ2) is 7.03. The summed E-state index contributed by atoms with van der Waals surface area (Å²) in [4.78, 5) is 23.8. The van der Waals surface area contributed by atoms with Gasteiger partial charge in [-0.2, -0.15) is 0 Å². The lowest BCUT2D eigenvalue weighted by molar-refractivity contribution is -0.213. The summed E-state index contributed by atoms with van der Waals surface area (Å²) in [5.74, 6) is -3.12. The number of carboxylic acids is 2. The van der Waals surface area contributed by atoms with Gasteiger partial charge in [0.05, 0.1) is 14.2 Å². The molecule has 8 heteroatoms. The maximum absolute atomic E-state index is 11.9. The van der Waals surface area contributed by atoms with Crippen molar-refractivity contribution in [2.75, 3.05) is 14.2 Å². The van der Waals surface area contributed by atoms with Gasteiger partial charge >= 0.3 is 11.9 Å². The first-order valence-electron chi connectivity index (χ1n) is 7.42. The molecular formula is C18H18O8. The number of carboxylic acid groups (broad SMARTS) is 2. The highest BCUT2D eigenvalue weighted by atomic mass is 16.5. The van der Waals surface area contributed by atoms with Crippen molar-refractivity contribution in [3.8, 4) is 11.5 Å². The zero-order valence-electron chi connectivity index (χ0n) is 14.0. The second-order valence-electron chi connectivity index (χ2n) is 5.49. The topological polar surface area (TPSA) is 134 Å². The number of benzene rings is 2. The number of aliphatic hydroxyl groups is 2. The molecule has 26 heavy (non-hydrogen) atoms. The third-order valence-corrected chi connectivity index (χ3v) is 4.16. The maximum atomic E-state index is 11.9. The minimum atomic E-state index is -3.17. The van der Waals surface area contributed by atoms with Gasteiger partial charge in [0.15, 0.2) is 0 Å². The second-order valence-corrected chi connectivity index (χ2v) is 5.49. The Morgan fingerprint density at radius 2 is 0.962 bits per heavy atom. The summed E-state index contributed by atoms with van der Waals surface area (Å²) in [6, 6.07) is 10.1. The Kier molecular flexibility index (Phi) is 5.20. The number of hydrogen-bond acceptors (Lipinski definition) is 6. The molecule has 0 unspecified atom stereocenters. The first-order chi connectivity index (χ1) is 12.2. The smallest absolute Gasteiger partial charge is 0.344 e. The van der Waals surface area contributed by atoms with Crippen molar-refractivity contribution in [3.05, 3.63) is 59.7 Å². The molecule has 2 aromatic rings. The highest BCUT2D eigenvalue weighted by Gasteiger charge is 2.63. The van der Waals surface area contributed by atoms with Crippen LogP contribution in [0.25, 0.3) is 0 Å². The molecule has 0 aromatic heterocycles. The largest absolute Gasteiger partial charge is 0.497 e. The average Bonchev–Trinajstić information content (AvgIpc) is 2.66. The Morgan fingerprint density at radius 3 is 1.15 bits per heavy atom. The molecule has 0 radical (unpaired) electrons. The normalized spacial score (nSPS) is 15.4. The zero-order valence-corrected chi connectivity index (χ0v) is 14.0. The zero-order chi connectivity index (χ0) is 19.5. The number of hydrogen-bond donors (Lipinski definition) is 4. The fourth-order valence-electron chi connectivity index (χ4n) is 2.64. The van der Waals surface area contributed by atoms with E-state index in [1.54, 1.807) is 0 Å². The summed E-state index contributed by atoms with van der Waals surface area (Å²) in [6.07, 6.45) is 0. The molecular weight excluding hydrogens is 344 g/mol. The summed E-state index contributed by atoms with van der Waals surface area (Å²) in [7, 11) is 2.78. The van der Waals surface area contributed by atoms with E-state index in [0.717, 1.165) is 0 Å². The van der Waals surface area contributed by atoms with Crippen molar-refractivity contribution in [2.24, 2.45) is 0 Å². The van der Waals surface area contributed by atoms with E-state index in [9.17, 15) is 30.0 Å². The van der Waals surface area contributed by atoms with Crippen molar-refractivity contribution < 1.29 is 39.5 Å². The SMILES string of the molecule is COc1ccc([C@](O)(C(=O)O)[C@@](O)(C(=O)O)c2ccc(OC)cc2)cc1. The van der Waals surface area contributed by atoms with Gasteiger partial charge in [-0.3, -0.25) is 0 Å². The Bertz CT molecular complexity index is 729. The predicted molar refractivity (Wildman–Crippen MR) is 89.1 cm³/mol. The van der Waals surface area contributed by atoms with Crippen molar-refractivity contribution >= 4 is 11.9 Å². The van der Waals surface area contributed by atoms with E-state index in [1.165, 1.54) is 62.8 Å². The van der Waals surface area contributed by atoms with Crippen LogP contribution in [0.2, 0.25) is 0 Å². The fraction of sp³-hybridized carbons (Fsp3) is 0.222. The molecule has 2 aromatic carbocycles. The molecule has 0 aliphatic heterocycles. The van der Waals surface area contributed by atoms with Crippen LogP contribution in [-0.4, -0.2) is 46.6 Å². The maximum Gasteiger partial charge on any atom is 0.344 e. The molecule has 8 nitrogen and oxygen atoms in total. The Labute approximate surface area is 148 Å². The summed E-state index contributed by atoms with van der Waals surface area (Å²) < 4.78 is 9.93. The van der Waals surface area contributed by atoms with Gasteiger partial charge in [-0.05, 0) is 35.4 Å². The van der Waals surface area contributed by atoms with Crippen LogP contribution < -0.4 is 9.47 Å². The number of ether oxygens (including phenoxy) is 2. The van der Waals surface area contributed by atoms with E-state index >= 15 is 0 Å². The van der Waals surface area contributed by atoms with Crippen LogP contribution in [0.4, 0.5) is 0 Å². The third kappa shape index (κ3) is 2.85. The van der Waals surface area contributed by atoms with Crippen LogP contribution >= 0.6 is 0 Å². The molecule has 0 fully saturated rings. The van der Waals surface area contributed by atoms with Crippen LogP contribution in [0, 0.1) is 0 Å². The van der Waals surface area contributed by atoms with Gasteiger partial charge in [-0.25, -0.2) is 9.59 Å². The summed E-state index contributed by atoms with van der Waals surface area (Å²) in [5, 5.41) is 41.0. The number of methoxy groups -OCH3 is 2. The van der Waals surface area contributed by atoms with Crippen molar-refractivity contribution in [1.82, 2.24) is 0 Å². The van der Waals surface area contributed by atoms with E-state index in [1.807, 2.05) is 0 Å². The minimum Gasteiger partial charge on any atom is -0.497 e. The van der Waals surface area contributed by atoms with Crippen molar-refractivity contribution in [1.29, 1.82) is 0 Å². The van der Waals surface area contributed by atoms with E-state index in [4.69, 9.17) is 9.47 Å². The van der Waals surface area contributed by atoms with Crippen LogP contribution in [0.1, 0.15) is 11.1 Å². The highest BCUT2D eigenvalue weighted by molar-refractivity contribution is 5.92. The third-order valence-electron chi connectivity index (χ3n) is 4.16. The summed E-state index contributed by atoms with van der Waals surface area (Å²) in [6.45, 7) is 0. The molecule has 0 saturated carbocycles. The van der Waals surface area contributed by atoms with E-state index in [-0.39, 0.29) is 11.1 Å². The molecule has 0 spiro atoms.